The molecule has 8 nitrogen and oxygen atoms in total. The van der Waals surface area contributed by atoms with Crippen LogP contribution in [-0.2, 0) is 10.2 Å². The molecule has 5 rings (SSSR count). The van der Waals surface area contributed by atoms with Crippen LogP contribution >= 0.6 is 0 Å². The van der Waals surface area contributed by atoms with Crippen molar-refractivity contribution in [2.45, 2.75) is 18.8 Å². The third-order valence-corrected chi connectivity index (χ3v) is 6.67. The Morgan fingerprint density at radius 1 is 1.10 bits per heavy atom. The molecule has 150 valence electrons. The maximum absolute atomic E-state index is 12.7. The highest BCUT2D eigenvalue weighted by Crippen LogP contribution is 2.41. The summed E-state index contributed by atoms with van der Waals surface area (Å²) in [7, 11) is -0.815. The topological polar surface area (TPSA) is 86.6 Å². The lowest BCUT2D eigenvalue weighted by molar-refractivity contribution is 0.174. The summed E-state index contributed by atoms with van der Waals surface area (Å²) in [6.45, 7) is 0.172. The highest BCUT2D eigenvalue weighted by atomic mass is 32.2. The second-order valence-electron chi connectivity index (χ2n) is 7.34. The van der Waals surface area contributed by atoms with Gasteiger partial charge in [-0.2, -0.15) is 21.9 Å². The number of nitrogens with zero attached hydrogens (tertiary/aromatic N) is 4. The Kier molecular flexibility index (Phi) is 4.11. The molecule has 1 aromatic carbocycles. The quantitative estimate of drug-likeness (QED) is 0.641. The van der Waals surface area contributed by atoms with Gasteiger partial charge >= 0.3 is 10.2 Å². The SMILES string of the molecule is CN(C)S(=O)(=O)n1cc(-c2ccc3c(c2)OCO3)c(-c2cccc(C3CC3)n2)n1. The lowest BCUT2D eigenvalue weighted by atomic mass is 10.0. The molecule has 0 atom stereocenters. The van der Waals surface area contributed by atoms with Gasteiger partial charge in [-0.05, 0) is 42.7 Å². The zero-order chi connectivity index (χ0) is 20.2. The van der Waals surface area contributed by atoms with Gasteiger partial charge in [0.1, 0.15) is 5.69 Å². The summed E-state index contributed by atoms with van der Waals surface area (Å²) in [5.41, 5.74) is 3.62. The Hall–Kier alpha value is -2.91. The maximum Gasteiger partial charge on any atom is 0.322 e. The second-order valence-corrected chi connectivity index (χ2v) is 9.34. The molecule has 1 saturated carbocycles. The summed E-state index contributed by atoms with van der Waals surface area (Å²) >= 11 is 0. The van der Waals surface area contributed by atoms with Crippen molar-refractivity contribution in [3.63, 3.8) is 0 Å². The molecule has 2 aliphatic rings. The smallest absolute Gasteiger partial charge is 0.322 e. The van der Waals surface area contributed by atoms with Gasteiger partial charge in [0.05, 0.1) is 11.9 Å². The molecular formula is C20H20N4O4S. The van der Waals surface area contributed by atoms with Gasteiger partial charge in [0.2, 0.25) is 6.79 Å². The van der Waals surface area contributed by atoms with Gasteiger partial charge in [-0.15, -0.1) is 0 Å². The van der Waals surface area contributed by atoms with Gasteiger partial charge in [0.25, 0.3) is 0 Å². The molecular weight excluding hydrogens is 392 g/mol. The maximum atomic E-state index is 12.7. The van der Waals surface area contributed by atoms with Crippen molar-refractivity contribution in [3.05, 3.63) is 48.3 Å². The summed E-state index contributed by atoms with van der Waals surface area (Å²) in [5, 5.41) is 4.42. The Morgan fingerprint density at radius 3 is 2.66 bits per heavy atom. The summed E-state index contributed by atoms with van der Waals surface area (Å²) < 4.78 is 38.4. The minimum absolute atomic E-state index is 0.172. The fourth-order valence-corrected chi connectivity index (χ4v) is 4.05. The van der Waals surface area contributed by atoms with Crippen LogP contribution in [0.4, 0.5) is 0 Å². The largest absolute Gasteiger partial charge is 0.454 e. The van der Waals surface area contributed by atoms with E-state index in [1.54, 1.807) is 0 Å². The van der Waals surface area contributed by atoms with Crippen molar-refractivity contribution >= 4 is 10.2 Å². The third-order valence-electron chi connectivity index (χ3n) is 5.08. The number of benzene rings is 1. The molecule has 0 amide bonds. The molecule has 3 heterocycles. The van der Waals surface area contributed by atoms with E-state index in [1.165, 1.54) is 20.3 Å². The van der Waals surface area contributed by atoms with Gasteiger partial charge in [-0.3, -0.25) is 4.98 Å². The van der Waals surface area contributed by atoms with Crippen molar-refractivity contribution in [3.8, 4) is 34.0 Å². The zero-order valence-corrected chi connectivity index (χ0v) is 16.9. The molecule has 9 heteroatoms. The fraction of sp³-hybridized carbons (Fsp3) is 0.300. The van der Waals surface area contributed by atoms with Crippen LogP contribution < -0.4 is 9.47 Å². The highest BCUT2D eigenvalue weighted by Gasteiger charge is 2.27. The van der Waals surface area contributed by atoms with Crippen molar-refractivity contribution in [2.75, 3.05) is 20.9 Å². The third kappa shape index (κ3) is 3.16. The lowest BCUT2D eigenvalue weighted by Crippen LogP contribution is -2.29. The summed E-state index contributed by atoms with van der Waals surface area (Å²) in [6, 6.07) is 11.3. The Labute approximate surface area is 168 Å². The van der Waals surface area contributed by atoms with E-state index in [4.69, 9.17) is 14.5 Å². The van der Waals surface area contributed by atoms with E-state index in [0.717, 1.165) is 32.5 Å². The number of ether oxygens (including phenoxy) is 2. The minimum Gasteiger partial charge on any atom is -0.454 e. The molecule has 0 radical (unpaired) electrons. The zero-order valence-electron chi connectivity index (χ0n) is 16.1. The summed E-state index contributed by atoms with van der Waals surface area (Å²) in [5.74, 6) is 1.77. The van der Waals surface area contributed by atoms with E-state index in [-0.39, 0.29) is 6.79 Å². The second kappa shape index (κ2) is 6.57. The first-order valence-electron chi connectivity index (χ1n) is 9.33. The van der Waals surface area contributed by atoms with Crippen molar-refractivity contribution in [2.24, 2.45) is 0 Å². The van der Waals surface area contributed by atoms with E-state index in [1.807, 2.05) is 36.4 Å². The lowest BCUT2D eigenvalue weighted by Gasteiger charge is -2.10. The molecule has 1 aliphatic heterocycles. The monoisotopic (exact) mass is 412 g/mol. The van der Waals surface area contributed by atoms with Crippen LogP contribution in [0.25, 0.3) is 22.5 Å². The average Bonchev–Trinajstić information content (AvgIpc) is 3.29. The van der Waals surface area contributed by atoms with Crippen molar-refractivity contribution < 1.29 is 17.9 Å². The van der Waals surface area contributed by atoms with Gasteiger partial charge in [0.15, 0.2) is 11.5 Å². The number of hydrogen-bond donors (Lipinski definition) is 0. The van der Waals surface area contributed by atoms with E-state index in [9.17, 15) is 8.42 Å². The fourth-order valence-electron chi connectivity index (χ4n) is 3.29. The van der Waals surface area contributed by atoms with Crippen LogP contribution in [0.15, 0.2) is 42.6 Å². The van der Waals surface area contributed by atoms with Gasteiger partial charge in [-0.25, -0.2) is 0 Å². The molecule has 0 saturated heterocycles. The summed E-state index contributed by atoms with van der Waals surface area (Å²) in [4.78, 5) is 4.76. The van der Waals surface area contributed by atoms with E-state index in [0.29, 0.717) is 34.4 Å². The Balaban J connectivity index is 1.68. The Bertz CT molecular complexity index is 1200. The van der Waals surface area contributed by atoms with Crippen molar-refractivity contribution in [1.29, 1.82) is 0 Å². The van der Waals surface area contributed by atoms with Crippen LogP contribution in [0.1, 0.15) is 24.5 Å². The molecule has 2 aromatic heterocycles. The van der Waals surface area contributed by atoms with Gasteiger partial charge in [0, 0.05) is 31.3 Å². The van der Waals surface area contributed by atoms with E-state index >= 15 is 0 Å². The molecule has 0 spiro atoms. The minimum atomic E-state index is -3.77. The normalized spacial score (nSPS) is 15.8. The van der Waals surface area contributed by atoms with Gasteiger partial charge < -0.3 is 9.47 Å². The van der Waals surface area contributed by atoms with Crippen molar-refractivity contribution in [1.82, 2.24) is 18.5 Å². The first-order valence-corrected chi connectivity index (χ1v) is 10.7. The first kappa shape index (κ1) is 18.1. The number of pyridine rings is 1. The standard InChI is InChI=1S/C20H20N4O4S/c1-23(2)29(25,26)24-11-15(14-8-9-18-19(10-14)28-12-27-18)20(22-24)17-5-3-4-16(21-17)13-6-7-13/h3-5,8-11,13H,6-7,12H2,1-2H3. The number of rotatable bonds is 5. The highest BCUT2D eigenvalue weighted by molar-refractivity contribution is 7.87. The van der Waals surface area contributed by atoms with E-state index in [2.05, 4.69) is 5.10 Å². The Morgan fingerprint density at radius 2 is 1.90 bits per heavy atom. The summed E-state index contributed by atoms with van der Waals surface area (Å²) in [6.07, 6.45) is 3.79. The van der Waals surface area contributed by atoms with E-state index < -0.39 is 10.2 Å². The molecule has 0 unspecified atom stereocenters. The predicted molar refractivity (Wildman–Crippen MR) is 107 cm³/mol. The van der Waals surface area contributed by atoms with Gasteiger partial charge in [-0.1, -0.05) is 12.1 Å². The number of hydrogen-bond acceptors (Lipinski definition) is 6. The van der Waals surface area contributed by atoms with Crippen LogP contribution in [-0.4, -0.2) is 47.8 Å². The molecule has 0 bridgehead atoms. The van der Waals surface area contributed by atoms with Crippen LogP contribution in [0.2, 0.25) is 0 Å². The van der Waals surface area contributed by atoms with Crippen LogP contribution in [0.5, 0.6) is 11.5 Å². The van der Waals surface area contributed by atoms with Crippen LogP contribution in [0, 0.1) is 0 Å². The molecule has 29 heavy (non-hydrogen) atoms. The first-order chi connectivity index (χ1) is 13.9. The molecule has 1 fully saturated rings. The average molecular weight is 412 g/mol. The molecule has 3 aromatic rings. The molecule has 1 aliphatic carbocycles. The molecule has 0 N–H and O–H groups in total. The predicted octanol–water partition coefficient (Wildman–Crippen LogP) is 2.87. The number of fused-ring (bicyclic) bond motifs is 1. The number of aromatic nitrogens is 3. The van der Waals surface area contributed by atoms with Crippen LogP contribution in [0.3, 0.4) is 0 Å².